The third-order valence-electron chi connectivity index (χ3n) is 6.18. The molecular formula is C31H30F3N3O3. The molecule has 208 valence electrons. The molecule has 4 rings (SSSR count). The predicted molar refractivity (Wildman–Crippen MR) is 150 cm³/mol. The number of aromatic nitrogens is 2. The van der Waals surface area contributed by atoms with E-state index in [9.17, 15) is 18.0 Å². The van der Waals surface area contributed by atoms with Gasteiger partial charge in [0.1, 0.15) is 35.3 Å². The van der Waals surface area contributed by atoms with Crippen molar-refractivity contribution in [3.8, 4) is 22.6 Å². The first-order chi connectivity index (χ1) is 19.0. The average Bonchev–Trinajstić information content (AvgIpc) is 2.90. The number of benzene rings is 3. The highest BCUT2D eigenvalue weighted by Gasteiger charge is 2.18. The minimum atomic E-state index is -0.762. The standard InChI is InChI=1S/C31H30F3N3O3/c1-31(2,3)16-24(34)27(38)10-6-19-12-22-25(15-29(19)40-5)35-17-36-30(22)37-26-13-18(7-11-28(26)39-4)21-9-8-20(32)14-23(21)33/h7-9,11-17H,6,10H2,1-5H3,(H,35,36,37)/b24-16+. The summed E-state index contributed by atoms with van der Waals surface area (Å²) in [6, 6.07) is 11.9. The first-order valence-electron chi connectivity index (χ1n) is 12.6. The van der Waals surface area contributed by atoms with Gasteiger partial charge in [0.05, 0.1) is 25.4 Å². The van der Waals surface area contributed by atoms with Crippen LogP contribution in [0.15, 0.2) is 66.8 Å². The van der Waals surface area contributed by atoms with Gasteiger partial charge in [-0.1, -0.05) is 26.8 Å². The van der Waals surface area contributed by atoms with E-state index in [1.807, 2.05) is 20.8 Å². The van der Waals surface area contributed by atoms with Crippen LogP contribution in [0.5, 0.6) is 11.5 Å². The van der Waals surface area contributed by atoms with Crippen LogP contribution >= 0.6 is 0 Å². The number of carbonyl (C=O) groups excluding carboxylic acids is 1. The summed E-state index contributed by atoms with van der Waals surface area (Å²) in [5.41, 5.74) is 2.01. The van der Waals surface area contributed by atoms with Crippen LogP contribution in [-0.4, -0.2) is 30.0 Å². The van der Waals surface area contributed by atoms with Gasteiger partial charge in [-0.25, -0.2) is 23.1 Å². The quantitative estimate of drug-likeness (QED) is 0.215. The van der Waals surface area contributed by atoms with Gasteiger partial charge in [0, 0.05) is 29.5 Å². The highest BCUT2D eigenvalue weighted by Crippen LogP contribution is 2.36. The highest BCUT2D eigenvalue weighted by atomic mass is 19.1. The van der Waals surface area contributed by atoms with Crippen molar-refractivity contribution in [2.75, 3.05) is 19.5 Å². The Morgan fingerprint density at radius 1 is 0.975 bits per heavy atom. The first-order valence-corrected chi connectivity index (χ1v) is 12.6. The van der Waals surface area contributed by atoms with Gasteiger partial charge in [-0.05, 0) is 59.4 Å². The van der Waals surface area contributed by atoms with E-state index in [-0.39, 0.29) is 18.4 Å². The van der Waals surface area contributed by atoms with E-state index in [2.05, 4.69) is 15.3 Å². The molecule has 0 bridgehead atoms. The van der Waals surface area contributed by atoms with Crippen molar-refractivity contribution in [3.63, 3.8) is 0 Å². The Balaban J connectivity index is 1.70. The second-order valence-electron chi connectivity index (χ2n) is 10.3. The molecule has 0 atom stereocenters. The van der Waals surface area contributed by atoms with Gasteiger partial charge < -0.3 is 14.8 Å². The Bertz CT molecular complexity index is 1600. The van der Waals surface area contributed by atoms with E-state index in [0.29, 0.717) is 45.0 Å². The molecule has 0 spiro atoms. The highest BCUT2D eigenvalue weighted by molar-refractivity contribution is 5.95. The summed E-state index contributed by atoms with van der Waals surface area (Å²) < 4.78 is 53.4. The summed E-state index contributed by atoms with van der Waals surface area (Å²) >= 11 is 0. The van der Waals surface area contributed by atoms with Crippen LogP contribution in [0.25, 0.3) is 22.0 Å². The molecule has 0 aliphatic rings. The van der Waals surface area contributed by atoms with Gasteiger partial charge in [0.25, 0.3) is 0 Å². The Morgan fingerprint density at radius 2 is 1.73 bits per heavy atom. The van der Waals surface area contributed by atoms with Crippen molar-refractivity contribution in [2.45, 2.75) is 33.6 Å². The number of methoxy groups -OCH3 is 2. The maximum Gasteiger partial charge on any atom is 0.191 e. The lowest BCUT2D eigenvalue weighted by Gasteiger charge is -2.16. The number of halogens is 3. The number of carbonyl (C=O) groups is 1. The molecule has 1 aromatic heterocycles. The number of nitrogens with one attached hydrogen (secondary N) is 1. The molecule has 0 radical (unpaired) electrons. The van der Waals surface area contributed by atoms with Crippen molar-refractivity contribution in [1.29, 1.82) is 0 Å². The smallest absolute Gasteiger partial charge is 0.191 e. The topological polar surface area (TPSA) is 73.3 Å². The lowest BCUT2D eigenvalue weighted by Crippen LogP contribution is -2.07. The zero-order chi connectivity index (χ0) is 29.0. The Kier molecular flexibility index (Phi) is 8.42. The van der Waals surface area contributed by atoms with Crippen molar-refractivity contribution >= 4 is 28.2 Å². The minimum absolute atomic E-state index is 0.0458. The van der Waals surface area contributed by atoms with E-state index in [4.69, 9.17) is 9.47 Å². The number of ether oxygens (including phenoxy) is 2. The Labute approximate surface area is 230 Å². The number of anilines is 2. The van der Waals surface area contributed by atoms with Crippen LogP contribution in [-0.2, 0) is 11.2 Å². The lowest BCUT2D eigenvalue weighted by atomic mass is 9.94. The van der Waals surface area contributed by atoms with Crippen molar-refractivity contribution in [3.05, 3.63) is 84.0 Å². The summed E-state index contributed by atoms with van der Waals surface area (Å²) in [6.07, 6.45) is 2.90. The average molecular weight is 550 g/mol. The molecule has 6 nitrogen and oxygen atoms in total. The molecule has 0 saturated carbocycles. The van der Waals surface area contributed by atoms with Crippen molar-refractivity contribution in [1.82, 2.24) is 9.97 Å². The molecule has 0 saturated heterocycles. The molecule has 0 aliphatic carbocycles. The summed E-state index contributed by atoms with van der Waals surface area (Å²) in [7, 11) is 3.02. The minimum Gasteiger partial charge on any atom is -0.496 e. The van der Waals surface area contributed by atoms with E-state index in [1.165, 1.54) is 38.8 Å². The van der Waals surface area contributed by atoms with Crippen molar-refractivity contribution < 1.29 is 27.4 Å². The summed E-state index contributed by atoms with van der Waals surface area (Å²) in [5, 5.41) is 3.85. The maximum atomic E-state index is 14.5. The van der Waals surface area contributed by atoms with Gasteiger partial charge in [0.2, 0.25) is 0 Å². The molecule has 0 amide bonds. The zero-order valence-electron chi connectivity index (χ0n) is 22.9. The third kappa shape index (κ3) is 6.59. The second kappa shape index (κ2) is 11.8. The molecule has 0 fully saturated rings. The third-order valence-corrected chi connectivity index (χ3v) is 6.18. The van der Waals surface area contributed by atoms with Crippen LogP contribution in [0.1, 0.15) is 32.8 Å². The second-order valence-corrected chi connectivity index (χ2v) is 10.3. The van der Waals surface area contributed by atoms with Crippen LogP contribution in [0.3, 0.4) is 0 Å². The van der Waals surface area contributed by atoms with Gasteiger partial charge >= 0.3 is 0 Å². The van der Waals surface area contributed by atoms with Gasteiger partial charge in [-0.3, -0.25) is 4.79 Å². The summed E-state index contributed by atoms with van der Waals surface area (Å²) in [5.74, 6) is -1.30. The van der Waals surface area contributed by atoms with Gasteiger partial charge in [-0.15, -0.1) is 0 Å². The molecule has 0 aliphatic heterocycles. The molecule has 4 aromatic rings. The maximum absolute atomic E-state index is 14.5. The zero-order valence-corrected chi connectivity index (χ0v) is 22.9. The Morgan fingerprint density at radius 3 is 2.40 bits per heavy atom. The van der Waals surface area contributed by atoms with Gasteiger partial charge in [0.15, 0.2) is 11.6 Å². The molecule has 3 aromatic carbocycles. The Hall–Kier alpha value is -4.40. The molecular weight excluding hydrogens is 519 g/mol. The van der Waals surface area contributed by atoms with E-state index >= 15 is 0 Å². The van der Waals surface area contributed by atoms with Crippen LogP contribution in [0.4, 0.5) is 24.7 Å². The van der Waals surface area contributed by atoms with E-state index in [0.717, 1.165) is 6.07 Å². The first kappa shape index (κ1) is 28.6. The SMILES string of the molecule is COc1cc2ncnc(Nc3cc(-c4ccc(F)cc4F)ccc3OC)c2cc1CCC(=O)/C(F)=C\C(C)(C)C. The molecule has 1 N–H and O–H groups in total. The number of hydrogen-bond donors (Lipinski definition) is 1. The number of fused-ring (bicyclic) bond motifs is 1. The predicted octanol–water partition coefficient (Wildman–Crippen LogP) is 7.74. The molecule has 9 heteroatoms. The number of ketones is 1. The number of Topliss-reactive ketones (excluding diaryl/α,β-unsaturated/α-hetero) is 1. The number of rotatable bonds is 9. The summed E-state index contributed by atoms with van der Waals surface area (Å²) in [4.78, 5) is 21.2. The lowest BCUT2D eigenvalue weighted by molar-refractivity contribution is -0.117. The fourth-order valence-electron chi connectivity index (χ4n) is 4.27. The molecule has 1 heterocycles. The van der Waals surface area contributed by atoms with Crippen LogP contribution in [0, 0.1) is 17.0 Å². The van der Waals surface area contributed by atoms with Crippen LogP contribution < -0.4 is 14.8 Å². The molecule has 0 unspecified atom stereocenters. The number of allylic oxidation sites excluding steroid dienone is 2. The van der Waals surface area contributed by atoms with E-state index < -0.39 is 28.7 Å². The monoisotopic (exact) mass is 549 g/mol. The summed E-state index contributed by atoms with van der Waals surface area (Å²) in [6.45, 7) is 5.46. The normalized spacial score (nSPS) is 11.9. The van der Waals surface area contributed by atoms with Crippen LogP contribution in [0.2, 0.25) is 0 Å². The van der Waals surface area contributed by atoms with Gasteiger partial charge in [-0.2, -0.15) is 0 Å². The fraction of sp³-hybridized carbons (Fsp3) is 0.258. The number of hydrogen-bond acceptors (Lipinski definition) is 6. The largest absolute Gasteiger partial charge is 0.496 e. The number of nitrogens with zero attached hydrogens (tertiary/aromatic N) is 2. The number of aryl methyl sites for hydroxylation is 1. The molecule has 40 heavy (non-hydrogen) atoms. The fourth-order valence-corrected chi connectivity index (χ4v) is 4.27. The van der Waals surface area contributed by atoms with E-state index in [1.54, 1.807) is 30.3 Å². The van der Waals surface area contributed by atoms with Crippen molar-refractivity contribution in [2.24, 2.45) is 5.41 Å².